The minimum absolute atomic E-state index is 0.0241. The van der Waals surface area contributed by atoms with Crippen molar-refractivity contribution in [3.63, 3.8) is 0 Å². The summed E-state index contributed by atoms with van der Waals surface area (Å²) in [5, 5.41) is 5.53. The van der Waals surface area contributed by atoms with Gasteiger partial charge in [0, 0.05) is 17.1 Å². The summed E-state index contributed by atoms with van der Waals surface area (Å²) < 4.78 is 0.517. The fraction of sp³-hybridized carbons (Fsp3) is 0.227. The van der Waals surface area contributed by atoms with Crippen molar-refractivity contribution < 1.29 is 4.79 Å². The zero-order valence-electron chi connectivity index (χ0n) is 14.6. The molecule has 132 valence electrons. The van der Waals surface area contributed by atoms with Gasteiger partial charge in [0.25, 0.3) is 5.91 Å². The van der Waals surface area contributed by atoms with E-state index in [2.05, 4.69) is 47.8 Å². The number of benzene rings is 3. The highest BCUT2D eigenvalue weighted by molar-refractivity contribution is 8.19. The van der Waals surface area contributed by atoms with Gasteiger partial charge in [0.05, 0.1) is 10.6 Å². The second kappa shape index (κ2) is 7.77. The van der Waals surface area contributed by atoms with Crippen molar-refractivity contribution in [3.05, 3.63) is 83.4 Å². The molecule has 0 radical (unpaired) electrons. The van der Waals surface area contributed by atoms with Crippen molar-refractivity contribution in [2.24, 2.45) is 0 Å². The monoisotopic (exact) mass is 379 g/mol. The molecule has 4 heteroatoms. The Hall–Kier alpha value is -1.91. The van der Waals surface area contributed by atoms with E-state index in [0.717, 1.165) is 11.1 Å². The number of carbonyl (C=O) groups is 1. The molecule has 0 spiro atoms. The number of hydrogen-bond donors (Lipinski definition) is 1. The highest BCUT2D eigenvalue weighted by atomic mass is 32.2. The first-order chi connectivity index (χ1) is 12.7. The number of amides is 1. The molecule has 1 saturated heterocycles. The lowest BCUT2D eigenvalue weighted by Gasteiger charge is -2.16. The summed E-state index contributed by atoms with van der Waals surface area (Å²) >= 11 is 3.96. The highest BCUT2D eigenvalue weighted by Gasteiger charge is 2.19. The lowest BCUT2D eigenvalue weighted by Crippen LogP contribution is -2.26. The SMILES string of the molecule is CC(NC(=O)c1ccc(C2SCCS2)cc1)c1ccc2ccccc2c1. The van der Waals surface area contributed by atoms with E-state index in [0.29, 0.717) is 4.58 Å². The van der Waals surface area contributed by atoms with Gasteiger partial charge in [0.1, 0.15) is 0 Å². The first kappa shape index (κ1) is 17.5. The van der Waals surface area contributed by atoms with Crippen molar-refractivity contribution in [2.45, 2.75) is 17.5 Å². The average Bonchev–Trinajstić information content (AvgIpc) is 3.22. The summed E-state index contributed by atoms with van der Waals surface area (Å²) in [5.74, 6) is 2.39. The molecule has 1 aliphatic heterocycles. The lowest BCUT2D eigenvalue weighted by atomic mass is 10.0. The first-order valence-electron chi connectivity index (χ1n) is 8.83. The molecule has 1 N–H and O–H groups in total. The van der Waals surface area contributed by atoms with Gasteiger partial charge in [-0.3, -0.25) is 4.79 Å². The number of nitrogens with one attached hydrogen (secondary N) is 1. The van der Waals surface area contributed by atoms with Crippen LogP contribution >= 0.6 is 23.5 Å². The maximum atomic E-state index is 12.6. The summed E-state index contributed by atoms with van der Waals surface area (Å²) in [5.41, 5.74) is 3.14. The Labute approximate surface area is 162 Å². The average molecular weight is 380 g/mol. The Bertz CT molecular complexity index is 917. The van der Waals surface area contributed by atoms with Crippen LogP contribution in [0.2, 0.25) is 0 Å². The third-order valence-corrected chi connectivity index (χ3v) is 7.79. The summed E-state index contributed by atoms with van der Waals surface area (Å²) in [6.07, 6.45) is 0. The van der Waals surface area contributed by atoms with Gasteiger partial charge in [-0.1, -0.05) is 48.5 Å². The van der Waals surface area contributed by atoms with E-state index in [4.69, 9.17) is 0 Å². The van der Waals surface area contributed by atoms with E-state index in [9.17, 15) is 4.79 Å². The number of rotatable bonds is 4. The molecule has 0 saturated carbocycles. The van der Waals surface area contributed by atoms with E-state index >= 15 is 0 Å². The van der Waals surface area contributed by atoms with Gasteiger partial charge in [0.15, 0.2) is 0 Å². The maximum absolute atomic E-state index is 12.6. The number of hydrogen-bond acceptors (Lipinski definition) is 3. The molecule has 0 aromatic heterocycles. The van der Waals surface area contributed by atoms with Crippen molar-refractivity contribution in [1.82, 2.24) is 5.32 Å². The van der Waals surface area contributed by atoms with Crippen LogP contribution in [0.4, 0.5) is 0 Å². The Morgan fingerprint density at radius 1 is 0.962 bits per heavy atom. The third-order valence-electron chi connectivity index (χ3n) is 4.69. The fourth-order valence-electron chi connectivity index (χ4n) is 3.18. The zero-order valence-corrected chi connectivity index (χ0v) is 16.3. The summed E-state index contributed by atoms with van der Waals surface area (Å²) in [4.78, 5) is 12.6. The molecule has 0 bridgehead atoms. The van der Waals surface area contributed by atoms with Gasteiger partial charge in [-0.05, 0) is 47.0 Å². The molecular formula is C22H21NOS2. The van der Waals surface area contributed by atoms with Gasteiger partial charge in [0.2, 0.25) is 0 Å². The molecule has 2 nitrogen and oxygen atoms in total. The van der Waals surface area contributed by atoms with Gasteiger partial charge < -0.3 is 5.32 Å². The topological polar surface area (TPSA) is 29.1 Å². The molecule has 3 aromatic rings. The zero-order chi connectivity index (χ0) is 17.9. The van der Waals surface area contributed by atoms with Crippen LogP contribution in [0.1, 0.15) is 39.0 Å². The molecule has 26 heavy (non-hydrogen) atoms. The second-order valence-corrected chi connectivity index (χ2v) is 9.22. The Kier molecular flexibility index (Phi) is 5.23. The molecule has 1 heterocycles. The van der Waals surface area contributed by atoms with Crippen molar-refractivity contribution >= 4 is 40.2 Å². The van der Waals surface area contributed by atoms with E-state index < -0.39 is 0 Å². The first-order valence-corrected chi connectivity index (χ1v) is 10.9. The van der Waals surface area contributed by atoms with E-state index in [1.807, 2.05) is 54.7 Å². The number of fused-ring (bicyclic) bond motifs is 1. The molecule has 3 aromatic carbocycles. The molecular weight excluding hydrogens is 358 g/mol. The van der Waals surface area contributed by atoms with Crippen molar-refractivity contribution in [3.8, 4) is 0 Å². The fourth-order valence-corrected chi connectivity index (χ4v) is 6.04. The molecule has 0 aliphatic carbocycles. The lowest BCUT2D eigenvalue weighted by molar-refractivity contribution is 0.0940. The van der Waals surface area contributed by atoms with Crippen LogP contribution in [0.3, 0.4) is 0 Å². The van der Waals surface area contributed by atoms with E-state index in [1.54, 1.807) is 0 Å². The summed E-state index contributed by atoms with van der Waals surface area (Å²) in [6, 6.07) is 22.7. The Balaban J connectivity index is 1.46. The predicted octanol–water partition coefficient (Wildman–Crippen LogP) is 5.81. The molecule has 1 atom stereocenters. The van der Waals surface area contributed by atoms with Crippen LogP contribution in [0, 0.1) is 0 Å². The minimum Gasteiger partial charge on any atom is -0.346 e. The van der Waals surface area contributed by atoms with Gasteiger partial charge in [-0.2, -0.15) is 0 Å². The minimum atomic E-state index is -0.0345. The quantitative estimate of drug-likeness (QED) is 0.620. The Morgan fingerprint density at radius 2 is 1.65 bits per heavy atom. The van der Waals surface area contributed by atoms with Crippen molar-refractivity contribution in [1.29, 1.82) is 0 Å². The molecule has 1 fully saturated rings. The van der Waals surface area contributed by atoms with Crippen LogP contribution < -0.4 is 5.32 Å². The second-order valence-electron chi connectivity index (χ2n) is 6.50. The standard InChI is InChI=1S/C22H21NOS2/c1-15(19-11-6-16-4-2-3-5-20(16)14-19)23-21(24)17-7-9-18(10-8-17)22-25-12-13-26-22/h2-11,14-15,22H,12-13H2,1H3,(H,23,24). The molecule has 4 rings (SSSR count). The van der Waals surface area contributed by atoms with Crippen LogP contribution in [0.25, 0.3) is 10.8 Å². The van der Waals surface area contributed by atoms with Crippen LogP contribution in [0.15, 0.2) is 66.7 Å². The normalized spacial score (nSPS) is 15.9. The van der Waals surface area contributed by atoms with Gasteiger partial charge >= 0.3 is 0 Å². The number of thioether (sulfide) groups is 2. The number of carbonyl (C=O) groups excluding carboxylic acids is 1. The smallest absolute Gasteiger partial charge is 0.251 e. The van der Waals surface area contributed by atoms with Crippen LogP contribution in [0.5, 0.6) is 0 Å². The largest absolute Gasteiger partial charge is 0.346 e. The predicted molar refractivity (Wildman–Crippen MR) is 114 cm³/mol. The molecule has 1 aliphatic rings. The molecule has 1 unspecified atom stereocenters. The summed E-state index contributed by atoms with van der Waals surface area (Å²) in [7, 11) is 0. The van der Waals surface area contributed by atoms with Gasteiger partial charge in [-0.25, -0.2) is 0 Å². The maximum Gasteiger partial charge on any atom is 0.251 e. The highest BCUT2D eigenvalue weighted by Crippen LogP contribution is 2.45. The van der Waals surface area contributed by atoms with Crippen LogP contribution in [-0.2, 0) is 0 Å². The van der Waals surface area contributed by atoms with Gasteiger partial charge in [-0.15, -0.1) is 23.5 Å². The van der Waals surface area contributed by atoms with E-state index in [-0.39, 0.29) is 11.9 Å². The third kappa shape index (κ3) is 3.76. The van der Waals surface area contributed by atoms with Crippen LogP contribution in [-0.4, -0.2) is 17.4 Å². The van der Waals surface area contributed by atoms with Crippen molar-refractivity contribution in [2.75, 3.05) is 11.5 Å². The summed E-state index contributed by atoms with van der Waals surface area (Å²) in [6.45, 7) is 2.03. The molecule has 1 amide bonds. The Morgan fingerprint density at radius 3 is 2.38 bits per heavy atom. The van der Waals surface area contributed by atoms with E-state index in [1.165, 1.54) is 27.8 Å².